The topological polar surface area (TPSA) is 108 Å². The van der Waals surface area contributed by atoms with E-state index in [1.165, 1.54) is 12.1 Å². The predicted molar refractivity (Wildman–Crippen MR) is 185 cm³/mol. The van der Waals surface area contributed by atoms with Gasteiger partial charge in [-0.05, 0) is 80.6 Å². The lowest BCUT2D eigenvalue weighted by Crippen LogP contribution is -2.53. The van der Waals surface area contributed by atoms with Gasteiger partial charge in [-0.1, -0.05) is 93.8 Å². The Hall–Kier alpha value is -4.59. The molecule has 0 aliphatic carbocycles. The van der Waals surface area contributed by atoms with E-state index >= 15 is 0 Å². The Balaban J connectivity index is 2.10. The summed E-state index contributed by atoms with van der Waals surface area (Å²) in [7, 11) is 0. The maximum absolute atomic E-state index is 14.7. The number of anilines is 1. The molecule has 0 heterocycles. The number of carbonyl (C=O) groups is 3. The first-order valence-electron chi connectivity index (χ1n) is 16.1. The molecule has 0 saturated heterocycles. The lowest BCUT2D eigenvalue weighted by atomic mass is 9.98. The molecule has 3 rings (SSSR count). The van der Waals surface area contributed by atoms with Crippen LogP contribution in [0.4, 0.5) is 10.5 Å². The molecule has 3 aromatic rings. The number of aromatic hydroxyl groups is 1. The maximum atomic E-state index is 14.7. The molecule has 8 heteroatoms. The second kappa shape index (κ2) is 17.2. The van der Waals surface area contributed by atoms with Gasteiger partial charge in [0.15, 0.2) is 0 Å². The number of ether oxygens (including phenoxy) is 1. The second-order valence-electron chi connectivity index (χ2n) is 12.6. The van der Waals surface area contributed by atoms with Gasteiger partial charge >= 0.3 is 6.09 Å². The molecule has 2 unspecified atom stereocenters. The molecule has 0 aromatic heterocycles. The molecular formula is C38H49N3O5. The number of aryl methyl sites for hydroxylation is 1. The first-order valence-corrected chi connectivity index (χ1v) is 16.1. The van der Waals surface area contributed by atoms with Crippen molar-refractivity contribution >= 4 is 29.7 Å². The Kier molecular flexibility index (Phi) is 13.4. The van der Waals surface area contributed by atoms with E-state index in [1.54, 1.807) is 43.9 Å². The fourth-order valence-electron chi connectivity index (χ4n) is 5.21. The number of alkyl carbamates (subject to hydrolysis) is 1. The number of hydrogen-bond donors (Lipinski definition) is 3. The van der Waals surface area contributed by atoms with E-state index in [9.17, 15) is 19.5 Å². The van der Waals surface area contributed by atoms with Gasteiger partial charge in [0.1, 0.15) is 23.4 Å². The molecule has 0 aliphatic rings. The molecular weight excluding hydrogens is 578 g/mol. The first-order chi connectivity index (χ1) is 21.9. The van der Waals surface area contributed by atoms with Gasteiger partial charge in [0.25, 0.3) is 5.91 Å². The number of phenolic OH excluding ortho intramolecular Hbond substituents is 1. The number of phenols is 1. The third kappa shape index (κ3) is 11.1. The highest BCUT2D eigenvalue weighted by molar-refractivity contribution is 5.99. The van der Waals surface area contributed by atoms with Crippen LogP contribution in [0.5, 0.6) is 5.75 Å². The monoisotopic (exact) mass is 627 g/mol. The summed E-state index contributed by atoms with van der Waals surface area (Å²) in [5, 5.41) is 15.7. The molecule has 246 valence electrons. The van der Waals surface area contributed by atoms with Crippen molar-refractivity contribution in [2.24, 2.45) is 0 Å². The lowest BCUT2D eigenvalue weighted by molar-refractivity contribution is -0.140. The first kappa shape index (κ1) is 35.9. The molecule has 0 spiro atoms. The smallest absolute Gasteiger partial charge is 0.408 e. The predicted octanol–water partition coefficient (Wildman–Crippen LogP) is 7.96. The van der Waals surface area contributed by atoms with Gasteiger partial charge in [-0.15, -0.1) is 0 Å². The van der Waals surface area contributed by atoms with Gasteiger partial charge in [0.2, 0.25) is 5.91 Å². The molecule has 3 N–H and O–H groups in total. The highest BCUT2D eigenvalue weighted by atomic mass is 16.6. The Labute approximate surface area is 273 Å². The van der Waals surface area contributed by atoms with E-state index < -0.39 is 29.7 Å². The zero-order valence-corrected chi connectivity index (χ0v) is 27.8. The van der Waals surface area contributed by atoms with Gasteiger partial charge < -0.3 is 25.4 Å². The van der Waals surface area contributed by atoms with Gasteiger partial charge in [0.05, 0.1) is 0 Å². The zero-order valence-electron chi connectivity index (χ0n) is 27.8. The number of benzene rings is 3. The van der Waals surface area contributed by atoms with E-state index in [4.69, 9.17) is 4.74 Å². The quantitative estimate of drug-likeness (QED) is 0.148. The Morgan fingerprint density at radius 2 is 1.65 bits per heavy atom. The lowest BCUT2D eigenvalue weighted by Gasteiger charge is -2.35. The summed E-state index contributed by atoms with van der Waals surface area (Å²) in [4.78, 5) is 43.7. The molecule has 0 fully saturated rings. The molecule has 2 atom stereocenters. The highest BCUT2D eigenvalue weighted by Crippen LogP contribution is 2.28. The van der Waals surface area contributed by atoms with Gasteiger partial charge in [0, 0.05) is 18.7 Å². The second-order valence-corrected chi connectivity index (χ2v) is 12.6. The van der Waals surface area contributed by atoms with Crippen LogP contribution in [0.25, 0.3) is 6.08 Å². The summed E-state index contributed by atoms with van der Waals surface area (Å²) >= 11 is 0. The largest absolute Gasteiger partial charge is 0.508 e. The number of hydrogen-bond acceptors (Lipinski definition) is 5. The van der Waals surface area contributed by atoms with E-state index in [2.05, 4.69) is 24.1 Å². The number of nitrogens with zero attached hydrogens (tertiary/aromatic N) is 1. The molecule has 0 radical (unpaired) electrons. The van der Waals surface area contributed by atoms with Crippen molar-refractivity contribution in [3.05, 3.63) is 102 Å². The van der Waals surface area contributed by atoms with Gasteiger partial charge in [-0.25, -0.2) is 4.79 Å². The maximum Gasteiger partial charge on any atom is 0.408 e. The fourth-order valence-corrected chi connectivity index (χ4v) is 5.21. The van der Waals surface area contributed by atoms with E-state index in [0.717, 1.165) is 42.4 Å². The Morgan fingerprint density at radius 1 is 0.957 bits per heavy atom. The highest BCUT2D eigenvalue weighted by Gasteiger charge is 2.36. The number of para-hydroxylation sites is 1. The van der Waals surface area contributed by atoms with Crippen molar-refractivity contribution < 1.29 is 24.2 Å². The Bertz CT molecular complexity index is 1460. The van der Waals surface area contributed by atoms with E-state index in [1.807, 2.05) is 55.5 Å². The van der Waals surface area contributed by atoms with Gasteiger partial charge in [-0.2, -0.15) is 0 Å². The van der Waals surface area contributed by atoms with Crippen LogP contribution in [0.1, 0.15) is 88.1 Å². The summed E-state index contributed by atoms with van der Waals surface area (Å²) in [6, 6.07) is 19.4. The number of amides is 3. The van der Waals surface area contributed by atoms with Crippen LogP contribution in [0.15, 0.2) is 79.4 Å². The fraction of sp³-hybridized carbons (Fsp3) is 0.395. The number of unbranched alkanes of at least 4 members (excludes halogenated alkanes) is 4. The van der Waals surface area contributed by atoms with Crippen LogP contribution < -0.4 is 10.6 Å². The van der Waals surface area contributed by atoms with Crippen LogP contribution in [0.3, 0.4) is 0 Å². The summed E-state index contributed by atoms with van der Waals surface area (Å²) in [5.74, 6) is -0.683. The average Bonchev–Trinajstić information content (AvgIpc) is 3.01. The molecule has 0 saturated carbocycles. The van der Waals surface area contributed by atoms with Crippen LogP contribution in [-0.4, -0.2) is 46.1 Å². The van der Waals surface area contributed by atoms with Crippen LogP contribution in [0, 0.1) is 6.92 Å². The number of nitrogens with one attached hydrogen (secondary N) is 2. The number of rotatable bonds is 15. The molecule has 0 aliphatic heterocycles. The minimum atomic E-state index is -1.05. The summed E-state index contributed by atoms with van der Waals surface area (Å²) < 4.78 is 5.54. The number of carbonyl (C=O) groups excluding carboxylic acids is 3. The third-order valence-corrected chi connectivity index (χ3v) is 7.58. The molecule has 8 nitrogen and oxygen atoms in total. The molecule has 0 bridgehead atoms. The average molecular weight is 628 g/mol. The molecule has 3 aromatic carbocycles. The minimum Gasteiger partial charge on any atom is -0.508 e. The summed E-state index contributed by atoms with van der Waals surface area (Å²) in [6.07, 6.45) is 5.83. The third-order valence-electron chi connectivity index (χ3n) is 7.58. The zero-order chi connectivity index (χ0) is 33.7. The van der Waals surface area contributed by atoms with Crippen molar-refractivity contribution in [3.8, 4) is 5.75 Å². The van der Waals surface area contributed by atoms with Crippen molar-refractivity contribution in [3.63, 3.8) is 0 Å². The van der Waals surface area contributed by atoms with E-state index in [0.29, 0.717) is 24.2 Å². The SMILES string of the molecule is C=Cc1cccc(C(C(=O)Nc2ccccc2C)N(CCCCCCC)C(=O)C(Cc2ccc(O)cc2)NC(=O)OC(C)(C)C)c1. The van der Waals surface area contributed by atoms with Crippen molar-refractivity contribution in [1.29, 1.82) is 0 Å². The van der Waals surface area contributed by atoms with E-state index in [-0.39, 0.29) is 18.1 Å². The van der Waals surface area contributed by atoms with Crippen LogP contribution in [-0.2, 0) is 20.7 Å². The summed E-state index contributed by atoms with van der Waals surface area (Å²) in [5.41, 5.74) is 2.93. The van der Waals surface area contributed by atoms with Crippen molar-refractivity contribution in [2.45, 2.75) is 90.8 Å². The minimum absolute atomic E-state index is 0.0930. The normalized spacial score (nSPS) is 12.5. The molecule has 3 amide bonds. The van der Waals surface area contributed by atoms with Crippen LogP contribution in [0.2, 0.25) is 0 Å². The van der Waals surface area contributed by atoms with Crippen molar-refractivity contribution in [2.75, 3.05) is 11.9 Å². The van der Waals surface area contributed by atoms with Crippen molar-refractivity contribution in [1.82, 2.24) is 10.2 Å². The van der Waals surface area contributed by atoms with Gasteiger partial charge in [-0.3, -0.25) is 9.59 Å². The Morgan fingerprint density at radius 3 is 2.30 bits per heavy atom. The molecule has 46 heavy (non-hydrogen) atoms. The standard InChI is InChI=1S/C38H49N3O5/c1-7-9-10-11-14-24-41(36(44)33(40-37(45)46-38(4,5)6)26-29-20-22-31(42)23-21-29)34(30-18-15-17-28(8-2)25-30)35(43)39-32-19-13-12-16-27(32)3/h8,12-13,15-23,25,33-34,42H,2,7,9-11,14,24,26H2,1,3-6H3,(H,39,43)(H,40,45). The van der Waals surface area contributed by atoms with Crippen LogP contribution >= 0.6 is 0 Å². The summed E-state index contributed by atoms with van der Waals surface area (Å²) in [6.45, 7) is 13.5.